The molecule has 7 heteroatoms. The molecule has 1 unspecified atom stereocenters. The van der Waals surface area contributed by atoms with Crippen LogP contribution in [0.4, 0.5) is 24.5 Å². The zero-order valence-corrected chi connectivity index (χ0v) is 24.3. The highest BCUT2D eigenvalue weighted by Crippen LogP contribution is 2.49. The molecule has 0 saturated heterocycles. The van der Waals surface area contributed by atoms with Gasteiger partial charge in [0.2, 0.25) is 11.6 Å². The third-order valence-corrected chi connectivity index (χ3v) is 8.23. The summed E-state index contributed by atoms with van der Waals surface area (Å²) in [6.45, 7) is 6.60. The highest BCUT2D eigenvalue weighted by Gasteiger charge is 2.46. The molecule has 4 nitrogen and oxygen atoms in total. The monoisotopic (exact) mass is 560 g/mol. The summed E-state index contributed by atoms with van der Waals surface area (Å²) >= 11 is 0. The summed E-state index contributed by atoms with van der Waals surface area (Å²) in [5, 5.41) is 2.75. The van der Waals surface area contributed by atoms with Crippen molar-refractivity contribution in [2.75, 3.05) is 25.5 Å². The fourth-order valence-electron chi connectivity index (χ4n) is 6.05. The van der Waals surface area contributed by atoms with Gasteiger partial charge in [0.25, 0.3) is 0 Å². The Morgan fingerprint density at radius 2 is 1.83 bits per heavy atom. The van der Waals surface area contributed by atoms with E-state index in [0.717, 1.165) is 40.8 Å². The fraction of sp³-hybridized carbons (Fsp3) is 0.353. The number of hydrogen-bond donors (Lipinski definition) is 1. The minimum atomic E-state index is -4.41. The maximum Gasteiger partial charge on any atom is 0.416 e. The Labute approximate surface area is 241 Å². The lowest BCUT2D eigenvalue weighted by molar-refractivity contribution is -0.438. The van der Waals surface area contributed by atoms with Gasteiger partial charge in [-0.25, -0.2) is 0 Å². The minimum absolute atomic E-state index is 0.0367. The van der Waals surface area contributed by atoms with Gasteiger partial charge in [-0.05, 0) is 50.6 Å². The van der Waals surface area contributed by atoms with Crippen molar-refractivity contribution in [3.63, 3.8) is 0 Å². The normalized spacial score (nSPS) is 20.7. The summed E-state index contributed by atoms with van der Waals surface area (Å²) in [6, 6.07) is 12.1. The van der Waals surface area contributed by atoms with Crippen molar-refractivity contribution in [3.8, 4) is 12.3 Å². The van der Waals surface area contributed by atoms with Gasteiger partial charge < -0.3 is 10.2 Å². The molecule has 2 aliphatic heterocycles. The fourth-order valence-corrected chi connectivity index (χ4v) is 6.05. The van der Waals surface area contributed by atoms with Crippen LogP contribution in [0.1, 0.15) is 56.7 Å². The largest absolute Gasteiger partial charge is 0.416 e. The molecule has 0 aliphatic carbocycles. The molecule has 1 N–H and O–H groups in total. The summed E-state index contributed by atoms with van der Waals surface area (Å²) in [4.78, 5) is 14.6. The SMILES string of the molecule is C#CCCC[N+]1=C(/C=C/C=C/C=C2/N(C)c3ccccc3C2(C)CC(=O)NC)C(C)(C)c2cc(C(F)(F)F)ccc21. The zero-order chi connectivity index (χ0) is 30.0. The number of hydrogen-bond acceptors (Lipinski definition) is 2. The first kappa shape index (κ1) is 29.9. The van der Waals surface area contributed by atoms with Crippen molar-refractivity contribution in [3.05, 3.63) is 95.2 Å². The first-order chi connectivity index (χ1) is 19.4. The molecule has 0 radical (unpaired) electrons. The quantitative estimate of drug-likeness (QED) is 0.163. The number of likely N-dealkylation sites (N-methyl/N-ethyl adjacent to an activating group) is 1. The van der Waals surface area contributed by atoms with E-state index in [-0.39, 0.29) is 5.91 Å². The Bertz CT molecular complexity index is 1500. The Balaban J connectivity index is 1.66. The van der Waals surface area contributed by atoms with Crippen LogP contribution in [0.15, 0.2) is 78.5 Å². The molecular formula is C34H37F3N3O+. The molecule has 214 valence electrons. The predicted molar refractivity (Wildman–Crippen MR) is 160 cm³/mol. The lowest BCUT2D eigenvalue weighted by Crippen LogP contribution is -2.33. The Morgan fingerprint density at radius 3 is 2.51 bits per heavy atom. The van der Waals surface area contributed by atoms with Crippen LogP contribution in [-0.4, -0.2) is 36.8 Å². The number of allylic oxidation sites excluding steroid dienone is 6. The van der Waals surface area contributed by atoms with Gasteiger partial charge in [0.1, 0.15) is 6.54 Å². The van der Waals surface area contributed by atoms with Gasteiger partial charge >= 0.3 is 6.18 Å². The molecule has 1 atom stereocenters. The maximum atomic E-state index is 13.5. The first-order valence-electron chi connectivity index (χ1n) is 13.8. The van der Waals surface area contributed by atoms with Gasteiger partial charge in [0.15, 0.2) is 5.71 Å². The van der Waals surface area contributed by atoms with Gasteiger partial charge in [-0.15, -0.1) is 12.3 Å². The van der Waals surface area contributed by atoms with Crippen molar-refractivity contribution in [1.29, 1.82) is 0 Å². The molecule has 2 aliphatic rings. The minimum Gasteiger partial charge on any atom is -0.359 e. The maximum absolute atomic E-state index is 13.5. The van der Waals surface area contributed by atoms with Gasteiger partial charge in [0, 0.05) is 67.9 Å². The second-order valence-electron chi connectivity index (χ2n) is 11.3. The second-order valence-corrected chi connectivity index (χ2v) is 11.3. The number of halogens is 3. The molecule has 0 fully saturated rings. The van der Waals surface area contributed by atoms with E-state index in [0.29, 0.717) is 24.9 Å². The standard InChI is InChI=1S/C34H36F3N3O/c1-7-8-14-21-40-28-20-19-24(34(35,36)37)22-26(28)32(2,3)29(40)17-10-9-11-18-30-33(4,23-31(41)38-5)25-15-12-13-16-27(25)39(30)6/h1,9-13,15-20,22H,8,14,21,23H2,2-6H3/p+1. The van der Waals surface area contributed by atoms with Gasteiger partial charge in [-0.1, -0.05) is 36.4 Å². The van der Waals surface area contributed by atoms with Crippen LogP contribution in [-0.2, 0) is 21.8 Å². The summed E-state index contributed by atoms with van der Waals surface area (Å²) in [5.41, 5.74) is 3.74. The number of anilines is 1. The van der Waals surface area contributed by atoms with Crippen molar-refractivity contribution < 1.29 is 22.5 Å². The van der Waals surface area contributed by atoms with Gasteiger partial charge in [-0.2, -0.15) is 17.7 Å². The summed E-state index contributed by atoms with van der Waals surface area (Å²) in [7, 11) is 3.64. The number of para-hydroxylation sites is 1. The highest BCUT2D eigenvalue weighted by molar-refractivity contribution is 6.03. The van der Waals surface area contributed by atoms with Crippen LogP contribution < -0.4 is 10.2 Å². The van der Waals surface area contributed by atoms with Crippen LogP contribution in [0.2, 0.25) is 0 Å². The molecule has 41 heavy (non-hydrogen) atoms. The lowest BCUT2D eigenvalue weighted by atomic mass is 9.78. The molecule has 4 rings (SSSR count). The highest BCUT2D eigenvalue weighted by atomic mass is 19.4. The predicted octanol–water partition coefficient (Wildman–Crippen LogP) is 7.04. The van der Waals surface area contributed by atoms with Crippen LogP contribution in [0, 0.1) is 12.3 Å². The van der Waals surface area contributed by atoms with E-state index in [2.05, 4.69) is 39.8 Å². The first-order valence-corrected chi connectivity index (χ1v) is 13.8. The number of benzene rings is 2. The number of rotatable bonds is 8. The van der Waals surface area contributed by atoms with Crippen LogP contribution >= 0.6 is 0 Å². The van der Waals surface area contributed by atoms with E-state index in [1.165, 1.54) is 6.07 Å². The molecule has 2 aromatic carbocycles. The average molecular weight is 561 g/mol. The van der Waals surface area contributed by atoms with Gasteiger partial charge in [-0.3, -0.25) is 4.79 Å². The summed E-state index contributed by atoms with van der Waals surface area (Å²) in [6.07, 6.45) is 12.4. The molecular weight excluding hydrogens is 523 g/mol. The number of carbonyl (C=O) groups is 1. The molecule has 0 saturated carbocycles. The molecule has 0 spiro atoms. The van der Waals surface area contributed by atoms with E-state index in [4.69, 9.17) is 6.42 Å². The number of nitrogens with zero attached hydrogens (tertiary/aromatic N) is 2. The molecule has 1 amide bonds. The van der Waals surface area contributed by atoms with E-state index in [1.54, 1.807) is 13.1 Å². The van der Waals surface area contributed by atoms with Crippen molar-refractivity contribution >= 4 is 23.0 Å². The van der Waals surface area contributed by atoms with E-state index in [9.17, 15) is 18.0 Å². The third kappa shape index (κ3) is 5.61. The van der Waals surface area contributed by atoms with E-state index in [1.807, 2.05) is 63.4 Å². The number of amides is 1. The Morgan fingerprint density at radius 1 is 1.10 bits per heavy atom. The molecule has 2 aromatic rings. The number of alkyl halides is 3. The van der Waals surface area contributed by atoms with E-state index >= 15 is 0 Å². The van der Waals surface area contributed by atoms with Crippen LogP contribution in [0.3, 0.4) is 0 Å². The van der Waals surface area contributed by atoms with Crippen molar-refractivity contribution in [1.82, 2.24) is 5.32 Å². The Hall–Kier alpha value is -4.05. The number of fused-ring (bicyclic) bond motifs is 2. The zero-order valence-electron chi connectivity index (χ0n) is 24.3. The topological polar surface area (TPSA) is 35.4 Å². The number of unbranched alkanes of at least 4 members (excludes halogenated alkanes) is 1. The molecule has 2 heterocycles. The number of nitrogens with one attached hydrogen (secondary N) is 1. The molecule has 0 bridgehead atoms. The van der Waals surface area contributed by atoms with Gasteiger partial charge in [0.05, 0.1) is 11.0 Å². The van der Waals surface area contributed by atoms with Crippen molar-refractivity contribution in [2.45, 2.75) is 57.0 Å². The smallest absolute Gasteiger partial charge is 0.359 e. The van der Waals surface area contributed by atoms with Crippen LogP contribution in [0.25, 0.3) is 0 Å². The third-order valence-electron chi connectivity index (χ3n) is 8.23. The summed E-state index contributed by atoms with van der Waals surface area (Å²) < 4.78 is 42.7. The summed E-state index contributed by atoms with van der Waals surface area (Å²) in [5.74, 6) is 2.61. The second kappa shape index (κ2) is 11.4. The van der Waals surface area contributed by atoms with E-state index < -0.39 is 22.6 Å². The van der Waals surface area contributed by atoms with Crippen LogP contribution in [0.5, 0.6) is 0 Å². The number of terminal acetylenes is 1. The average Bonchev–Trinajstić information content (AvgIpc) is 3.27. The lowest BCUT2D eigenvalue weighted by Gasteiger charge is -2.27. The Kier molecular flexibility index (Phi) is 8.35. The van der Waals surface area contributed by atoms with Crippen molar-refractivity contribution in [2.24, 2.45) is 0 Å². The number of carbonyl (C=O) groups excluding carboxylic acids is 1. The molecule has 0 aromatic heterocycles.